The summed E-state index contributed by atoms with van der Waals surface area (Å²) in [5, 5.41) is 2.58. The van der Waals surface area contributed by atoms with Crippen LogP contribution in [0, 0.1) is 5.41 Å². The van der Waals surface area contributed by atoms with E-state index in [4.69, 9.17) is 9.05 Å². The van der Waals surface area contributed by atoms with Crippen molar-refractivity contribution in [2.75, 3.05) is 20.3 Å². The average molecular weight is 207 g/mol. The highest BCUT2D eigenvalue weighted by Crippen LogP contribution is 2.51. The molecule has 0 aliphatic carbocycles. The summed E-state index contributed by atoms with van der Waals surface area (Å²) in [5.74, 6) is 0. The molecular weight excluding hydrogens is 189 g/mol. The molecule has 1 saturated heterocycles. The van der Waals surface area contributed by atoms with Gasteiger partial charge in [-0.25, -0.2) is 9.65 Å². The molecule has 0 aromatic heterocycles. The Kier molecular flexibility index (Phi) is 3.52. The van der Waals surface area contributed by atoms with E-state index in [1.54, 1.807) is 7.05 Å². The Labute approximate surface area is 79.6 Å². The van der Waals surface area contributed by atoms with E-state index in [2.05, 4.69) is 18.9 Å². The summed E-state index contributed by atoms with van der Waals surface area (Å²) in [6.45, 7) is 5.26. The Hall–Kier alpha value is 0.110. The first-order valence-electron chi connectivity index (χ1n) is 4.68. The molecule has 5 heteroatoms. The van der Waals surface area contributed by atoms with Crippen LogP contribution in [-0.2, 0) is 13.6 Å². The second-order valence-electron chi connectivity index (χ2n) is 3.48. The summed E-state index contributed by atoms with van der Waals surface area (Å²) < 4.78 is 22.0. The van der Waals surface area contributed by atoms with Crippen molar-refractivity contribution in [2.45, 2.75) is 26.7 Å². The predicted molar refractivity (Wildman–Crippen MR) is 51.6 cm³/mol. The van der Waals surface area contributed by atoms with Crippen molar-refractivity contribution in [3.63, 3.8) is 0 Å². The fraction of sp³-hybridized carbons (Fsp3) is 1.00. The van der Waals surface area contributed by atoms with Crippen LogP contribution in [0.15, 0.2) is 0 Å². The lowest BCUT2D eigenvalue weighted by Gasteiger charge is -2.37. The Morgan fingerprint density at radius 2 is 1.77 bits per heavy atom. The van der Waals surface area contributed by atoms with Gasteiger partial charge >= 0.3 is 7.75 Å². The molecule has 0 unspecified atom stereocenters. The van der Waals surface area contributed by atoms with Crippen molar-refractivity contribution >= 4 is 7.75 Å². The van der Waals surface area contributed by atoms with Crippen molar-refractivity contribution in [3.8, 4) is 0 Å². The lowest BCUT2D eigenvalue weighted by atomic mass is 9.84. The zero-order chi connectivity index (χ0) is 9.95. The fourth-order valence-electron chi connectivity index (χ4n) is 1.31. The Morgan fingerprint density at radius 3 is 2.08 bits per heavy atom. The van der Waals surface area contributed by atoms with E-state index in [9.17, 15) is 4.57 Å². The van der Waals surface area contributed by atoms with Gasteiger partial charge in [0.15, 0.2) is 0 Å². The zero-order valence-electron chi connectivity index (χ0n) is 8.50. The van der Waals surface area contributed by atoms with E-state index in [0.717, 1.165) is 12.8 Å². The minimum atomic E-state index is -2.95. The first-order valence-corrected chi connectivity index (χ1v) is 6.22. The largest absolute Gasteiger partial charge is 0.405 e. The van der Waals surface area contributed by atoms with Crippen LogP contribution in [-0.4, -0.2) is 20.3 Å². The van der Waals surface area contributed by atoms with E-state index >= 15 is 0 Å². The van der Waals surface area contributed by atoms with Gasteiger partial charge in [0.25, 0.3) is 0 Å². The highest BCUT2D eigenvalue weighted by atomic mass is 31.2. The van der Waals surface area contributed by atoms with Crippen molar-refractivity contribution in [1.82, 2.24) is 5.09 Å². The third-order valence-corrected chi connectivity index (χ3v) is 4.34. The first kappa shape index (κ1) is 11.2. The van der Waals surface area contributed by atoms with Gasteiger partial charge in [-0.3, -0.25) is 9.05 Å². The minimum absolute atomic E-state index is 0.0603. The summed E-state index contributed by atoms with van der Waals surface area (Å²) in [4.78, 5) is 0. The van der Waals surface area contributed by atoms with Crippen LogP contribution >= 0.6 is 7.75 Å². The van der Waals surface area contributed by atoms with E-state index in [0.29, 0.717) is 13.2 Å². The van der Waals surface area contributed by atoms with Gasteiger partial charge in [0, 0.05) is 5.41 Å². The molecule has 0 saturated carbocycles. The molecule has 1 aliphatic rings. The lowest BCUT2D eigenvalue weighted by Crippen LogP contribution is -2.36. The maximum absolute atomic E-state index is 11.6. The van der Waals surface area contributed by atoms with Gasteiger partial charge in [0.2, 0.25) is 0 Å². The first-order chi connectivity index (χ1) is 6.10. The molecule has 0 aromatic carbocycles. The molecule has 0 spiro atoms. The maximum atomic E-state index is 11.6. The van der Waals surface area contributed by atoms with E-state index in [1.807, 2.05) is 0 Å². The topological polar surface area (TPSA) is 47.6 Å². The van der Waals surface area contributed by atoms with Crippen LogP contribution in [0.2, 0.25) is 0 Å². The van der Waals surface area contributed by atoms with E-state index in [1.165, 1.54) is 0 Å². The van der Waals surface area contributed by atoms with Crippen LogP contribution in [0.4, 0.5) is 0 Å². The Balaban J connectivity index is 2.60. The standard InChI is InChI=1S/C8H18NO3P/c1-4-8(5-2)6-11-13(10,9-3)12-7-8/h4-7H2,1-3H3,(H,9,10). The molecule has 4 nitrogen and oxygen atoms in total. The second-order valence-corrected chi connectivity index (χ2v) is 5.43. The molecule has 1 fully saturated rings. The smallest absolute Gasteiger partial charge is 0.296 e. The van der Waals surface area contributed by atoms with Crippen molar-refractivity contribution < 1.29 is 13.6 Å². The molecule has 13 heavy (non-hydrogen) atoms. The van der Waals surface area contributed by atoms with Crippen LogP contribution in [0.5, 0.6) is 0 Å². The molecule has 78 valence electrons. The molecule has 0 atom stereocenters. The monoisotopic (exact) mass is 207 g/mol. The third-order valence-electron chi connectivity index (χ3n) is 2.86. The SMILES string of the molecule is CCC1(CC)COP(=O)(NC)OC1. The molecule has 0 bridgehead atoms. The summed E-state index contributed by atoms with van der Waals surface area (Å²) in [6.07, 6.45) is 1.99. The van der Waals surface area contributed by atoms with Crippen LogP contribution in [0.3, 0.4) is 0 Å². The molecular formula is C8H18NO3P. The summed E-state index contributed by atoms with van der Waals surface area (Å²) >= 11 is 0. The van der Waals surface area contributed by atoms with Gasteiger partial charge in [-0.15, -0.1) is 0 Å². The van der Waals surface area contributed by atoms with Crippen LogP contribution < -0.4 is 5.09 Å². The molecule has 0 amide bonds. The number of rotatable bonds is 3. The number of hydrogen-bond donors (Lipinski definition) is 1. The van der Waals surface area contributed by atoms with Crippen LogP contribution in [0.25, 0.3) is 0 Å². The van der Waals surface area contributed by atoms with Gasteiger partial charge in [0.1, 0.15) is 0 Å². The average Bonchev–Trinajstić information content (AvgIpc) is 2.20. The van der Waals surface area contributed by atoms with Crippen molar-refractivity contribution in [1.29, 1.82) is 0 Å². The second kappa shape index (κ2) is 4.09. The van der Waals surface area contributed by atoms with Gasteiger partial charge in [-0.2, -0.15) is 0 Å². The summed E-state index contributed by atoms with van der Waals surface area (Å²) in [7, 11) is -1.36. The van der Waals surface area contributed by atoms with Gasteiger partial charge in [-0.1, -0.05) is 13.8 Å². The van der Waals surface area contributed by atoms with Gasteiger partial charge in [0.05, 0.1) is 13.2 Å². The van der Waals surface area contributed by atoms with E-state index in [-0.39, 0.29) is 5.41 Å². The van der Waals surface area contributed by atoms with E-state index < -0.39 is 7.75 Å². The van der Waals surface area contributed by atoms with Gasteiger partial charge in [-0.05, 0) is 19.9 Å². The molecule has 0 aromatic rings. The quantitative estimate of drug-likeness (QED) is 0.720. The highest BCUT2D eigenvalue weighted by molar-refractivity contribution is 7.51. The predicted octanol–water partition coefficient (Wildman–Crippen LogP) is 2.17. The molecule has 1 N–H and O–H groups in total. The lowest BCUT2D eigenvalue weighted by molar-refractivity contribution is 0.00878. The van der Waals surface area contributed by atoms with Gasteiger partial charge < -0.3 is 0 Å². The maximum Gasteiger partial charge on any atom is 0.405 e. The molecule has 1 heterocycles. The molecule has 1 rings (SSSR count). The van der Waals surface area contributed by atoms with Crippen molar-refractivity contribution in [3.05, 3.63) is 0 Å². The Morgan fingerprint density at radius 1 is 1.31 bits per heavy atom. The molecule has 1 aliphatic heterocycles. The summed E-state index contributed by atoms with van der Waals surface area (Å²) in [5.41, 5.74) is 0.0603. The Bertz CT molecular complexity index is 201. The highest BCUT2D eigenvalue weighted by Gasteiger charge is 2.39. The zero-order valence-corrected chi connectivity index (χ0v) is 9.39. The third kappa shape index (κ3) is 2.32. The number of hydrogen-bond acceptors (Lipinski definition) is 3. The number of nitrogens with one attached hydrogen (secondary N) is 1. The molecule has 0 radical (unpaired) electrons. The fourth-order valence-corrected chi connectivity index (χ4v) is 2.53. The normalized spacial score (nSPS) is 25.8. The summed E-state index contributed by atoms with van der Waals surface area (Å²) in [6, 6.07) is 0. The van der Waals surface area contributed by atoms with Crippen LogP contribution in [0.1, 0.15) is 26.7 Å². The minimum Gasteiger partial charge on any atom is -0.296 e. The van der Waals surface area contributed by atoms with Crippen molar-refractivity contribution in [2.24, 2.45) is 5.41 Å².